The Labute approximate surface area is 104 Å². The molecule has 0 aliphatic rings. The van der Waals surface area contributed by atoms with E-state index in [1.807, 2.05) is 41.8 Å². The first-order chi connectivity index (χ1) is 8.16. The van der Waals surface area contributed by atoms with E-state index in [2.05, 4.69) is 0 Å². The fourth-order valence-corrected chi connectivity index (χ4v) is 2.56. The summed E-state index contributed by atoms with van der Waals surface area (Å²) in [6, 6.07) is 11.4. The fourth-order valence-electron chi connectivity index (χ4n) is 1.72. The Morgan fingerprint density at radius 1 is 1.24 bits per heavy atom. The lowest BCUT2D eigenvalue weighted by Crippen LogP contribution is -2.22. The molecule has 3 nitrogen and oxygen atoms in total. The normalized spacial score (nSPS) is 12.2. The molecule has 1 aromatic heterocycles. The van der Waals surface area contributed by atoms with Gasteiger partial charge in [-0.25, -0.2) is 0 Å². The number of rotatable bonds is 4. The predicted octanol–water partition coefficient (Wildman–Crippen LogP) is 2.14. The van der Waals surface area contributed by atoms with Gasteiger partial charge in [0.1, 0.15) is 0 Å². The van der Waals surface area contributed by atoms with E-state index in [1.54, 1.807) is 11.3 Å². The summed E-state index contributed by atoms with van der Waals surface area (Å²) in [7, 11) is 0. The van der Waals surface area contributed by atoms with Crippen molar-refractivity contribution in [1.82, 2.24) is 0 Å². The average molecular weight is 246 g/mol. The molecule has 2 aromatic rings. The highest BCUT2D eigenvalue weighted by Crippen LogP contribution is 2.25. The lowest BCUT2D eigenvalue weighted by atomic mass is 9.97. The minimum absolute atomic E-state index is 0.251. The maximum absolute atomic E-state index is 11.5. The largest absolute Gasteiger partial charge is 0.399 e. The monoisotopic (exact) mass is 246 g/mol. The number of carbonyl (C=O) groups is 1. The van der Waals surface area contributed by atoms with Gasteiger partial charge in [0.15, 0.2) is 0 Å². The summed E-state index contributed by atoms with van der Waals surface area (Å²) in [5.74, 6) is -0.539. The minimum Gasteiger partial charge on any atom is -0.399 e. The van der Waals surface area contributed by atoms with Gasteiger partial charge in [0.2, 0.25) is 5.91 Å². The third-order valence-electron chi connectivity index (χ3n) is 2.65. The minimum atomic E-state index is -0.288. The number of nitrogens with two attached hydrogens (primary N) is 2. The van der Waals surface area contributed by atoms with Gasteiger partial charge in [0, 0.05) is 10.6 Å². The highest BCUT2D eigenvalue weighted by atomic mass is 32.1. The van der Waals surface area contributed by atoms with Crippen LogP contribution in [0.5, 0.6) is 0 Å². The molecule has 1 atom stereocenters. The standard InChI is InChI=1S/C13H14N2OS/c14-10-5-3-9(4-6-10)8-11(13(15)16)12-2-1-7-17-12/h1-7,11H,8,14H2,(H2,15,16). The Kier molecular flexibility index (Phi) is 3.44. The zero-order valence-electron chi connectivity index (χ0n) is 9.30. The molecule has 2 rings (SSSR count). The second kappa shape index (κ2) is 5.01. The molecule has 0 fully saturated rings. The van der Waals surface area contributed by atoms with Crippen LogP contribution in [0.4, 0.5) is 5.69 Å². The van der Waals surface area contributed by atoms with E-state index in [0.29, 0.717) is 6.42 Å². The number of primary amides is 1. The first-order valence-corrected chi connectivity index (χ1v) is 6.22. The molecule has 88 valence electrons. The van der Waals surface area contributed by atoms with Gasteiger partial charge in [-0.05, 0) is 35.6 Å². The van der Waals surface area contributed by atoms with E-state index < -0.39 is 0 Å². The summed E-state index contributed by atoms with van der Waals surface area (Å²) in [5, 5.41) is 1.95. The summed E-state index contributed by atoms with van der Waals surface area (Å²) < 4.78 is 0. The Morgan fingerprint density at radius 2 is 1.94 bits per heavy atom. The van der Waals surface area contributed by atoms with E-state index >= 15 is 0 Å². The lowest BCUT2D eigenvalue weighted by Gasteiger charge is -2.11. The molecule has 0 saturated carbocycles. The quantitative estimate of drug-likeness (QED) is 0.811. The van der Waals surface area contributed by atoms with Crippen LogP contribution in [0.15, 0.2) is 41.8 Å². The topological polar surface area (TPSA) is 69.1 Å². The number of amides is 1. The highest BCUT2D eigenvalue weighted by Gasteiger charge is 2.19. The second-order valence-corrected chi connectivity index (χ2v) is 4.90. The maximum Gasteiger partial charge on any atom is 0.226 e. The van der Waals surface area contributed by atoms with E-state index in [-0.39, 0.29) is 11.8 Å². The fraction of sp³-hybridized carbons (Fsp3) is 0.154. The van der Waals surface area contributed by atoms with Gasteiger partial charge in [0.25, 0.3) is 0 Å². The van der Waals surface area contributed by atoms with Crippen molar-refractivity contribution in [3.05, 3.63) is 52.2 Å². The zero-order chi connectivity index (χ0) is 12.3. The van der Waals surface area contributed by atoms with Gasteiger partial charge in [-0.15, -0.1) is 11.3 Å². The molecule has 1 heterocycles. The molecule has 0 spiro atoms. The Balaban J connectivity index is 2.19. The van der Waals surface area contributed by atoms with E-state index in [4.69, 9.17) is 11.5 Å². The van der Waals surface area contributed by atoms with Gasteiger partial charge < -0.3 is 11.5 Å². The lowest BCUT2D eigenvalue weighted by molar-refractivity contribution is -0.119. The number of hydrogen-bond donors (Lipinski definition) is 2. The Hall–Kier alpha value is -1.81. The molecule has 0 aliphatic heterocycles. The number of hydrogen-bond acceptors (Lipinski definition) is 3. The molecular weight excluding hydrogens is 232 g/mol. The van der Waals surface area contributed by atoms with Crippen molar-refractivity contribution in [2.24, 2.45) is 5.73 Å². The van der Waals surface area contributed by atoms with Crippen molar-refractivity contribution in [1.29, 1.82) is 0 Å². The van der Waals surface area contributed by atoms with Crippen molar-refractivity contribution >= 4 is 22.9 Å². The smallest absolute Gasteiger partial charge is 0.226 e. The summed E-state index contributed by atoms with van der Waals surface area (Å²) in [5.41, 5.74) is 12.9. The summed E-state index contributed by atoms with van der Waals surface area (Å²) in [6.45, 7) is 0. The Morgan fingerprint density at radius 3 is 2.47 bits per heavy atom. The average Bonchev–Trinajstić information content (AvgIpc) is 2.81. The zero-order valence-corrected chi connectivity index (χ0v) is 10.1. The number of benzene rings is 1. The van der Waals surface area contributed by atoms with Crippen molar-refractivity contribution in [2.45, 2.75) is 12.3 Å². The van der Waals surface area contributed by atoms with Gasteiger partial charge in [-0.2, -0.15) is 0 Å². The van der Waals surface area contributed by atoms with Crippen LogP contribution >= 0.6 is 11.3 Å². The van der Waals surface area contributed by atoms with Gasteiger partial charge in [0.05, 0.1) is 5.92 Å². The first-order valence-electron chi connectivity index (χ1n) is 5.34. The maximum atomic E-state index is 11.5. The molecule has 1 amide bonds. The molecule has 1 unspecified atom stereocenters. The summed E-state index contributed by atoms with van der Waals surface area (Å²) in [4.78, 5) is 12.5. The van der Waals surface area contributed by atoms with Crippen LogP contribution in [0.1, 0.15) is 16.4 Å². The van der Waals surface area contributed by atoms with Crippen LogP contribution in [-0.2, 0) is 11.2 Å². The van der Waals surface area contributed by atoms with E-state index in [0.717, 1.165) is 16.1 Å². The van der Waals surface area contributed by atoms with E-state index in [1.165, 1.54) is 0 Å². The van der Waals surface area contributed by atoms with Crippen molar-refractivity contribution in [3.8, 4) is 0 Å². The SMILES string of the molecule is NC(=O)C(Cc1ccc(N)cc1)c1cccs1. The third-order valence-corrected chi connectivity index (χ3v) is 3.64. The van der Waals surface area contributed by atoms with Crippen molar-refractivity contribution in [2.75, 3.05) is 5.73 Å². The Bertz CT molecular complexity index is 491. The molecule has 0 radical (unpaired) electrons. The van der Waals surface area contributed by atoms with E-state index in [9.17, 15) is 4.79 Å². The van der Waals surface area contributed by atoms with Crippen LogP contribution in [0.3, 0.4) is 0 Å². The summed E-state index contributed by atoms with van der Waals surface area (Å²) >= 11 is 1.56. The number of thiophene rings is 1. The van der Waals surface area contributed by atoms with Crippen LogP contribution in [-0.4, -0.2) is 5.91 Å². The molecule has 4 N–H and O–H groups in total. The molecule has 4 heteroatoms. The van der Waals surface area contributed by atoms with Crippen LogP contribution in [0, 0.1) is 0 Å². The van der Waals surface area contributed by atoms with Crippen LogP contribution < -0.4 is 11.5 Å². The highest BCUT2D eigenvalue weighted by molar-refractivity contribution is 7.10. The molecule has 0 aliphatic carbocycles. The third kappa shape index (κ3) is 2.85. The van der Waals surface area contributed by atoms with Gasteiger partial charge >= 0.3 is 0 Å². The van der Waals surface area contributed by atoms with Crippen LogP contribution in [0.2, 0.25) is 0 Å². The molecule has 17 heavy (non-hydrogen) atoms. The molecule has 0 saturated heterocycles. The predicted molar refractivity (Wildman–Crippen MR) is 70.8 cm³/mol. The van der Waals surface area contributed by atoms with Gasteiger partial charge in [-0.1, -0.05) is 18.2 Å². The van der Waals surface area contributed by atoms with Crippen LogP contribution in [0.25, 0.3) is 0 Å². The number of carbonyl (C=O) groups excluding carboxylic acids is 1. The van der Waals surface area contributed by atoms with Crippen molar-refractivity contribution in [3.63, 3.8) is 0 Å². The second-order valence-electron chi connectivity index (χ2n) is 3.92. The molecule has 0 bridgehead atoms. The molecule has 1 aromatic carbocycles. The number of nitrogen functional groups attached to an aromatic ring is 1. The number of anilines is 1. The first kappa shape index (κ1) is 11.7. The van der Waals surface area contributed by atoms with Crippen molar-refractivity contribution < 1.29 is 4.79 Å². The summed E-state index contributed by atoms with van der Waals surface area (Å²) in [6.07, 6.45) is 0.621. The van der Waals surface area contributed by atoms with Gasteiger partial charge in [-0.3, -0.25) is 4.79 Å². The molecular formula is C13H14N2OS.